The molecular formula is C6H14N2O4S. The van der Waals surface area contributed by atoms with E-state index < -0.39 is 18.0 Å². The smallest absolute Gasteiger partial charge is 0.321 e. The predicted molar refractivity (Wildman–Crippen MR) is 50.7 cm³/mol. The third-order valence-electron chi connectivity index (χ3n) is 0.838. The summed E-state index contributed by atoms with van der Waals surface area (Å²) in [6, 6.07) is -0.704. The quantitative estimate of drug-likeness (QED) is 0.458. The Morgan fingerprint density at radius 2 is 1.85 bits per heavy atom. The van der Waals surface area contributed by atoms with Gasteiger partial charge in [-0.2, -0.15) is 11.8 Å². The van der Waals surface area contributed by atoms with Crippen molar-refractivity contribution in [1.82, 2.24) is 0 Å². The third-order valence-corrected chi connectivity index (χ3v) is 1.53. The Kier molecular flexibility index (Phi) is 10.5. The molecule has 0 aromatic rings. The molecule has 1 atom stereocenters. The topological polar surface area (TPSA) is 127 Å². The Hall–Kier alpha value is -0.790. The first kappa shape index (κ1) is 14.7. The molecule has 0 saturated carbocycles. The summed E-state index contributed by atoms with van der Waals surface area (Å²) in [5.41, 5.74) is 9.68. The molecule has 0 bridgehead atoms. The average Bonchev–Trinajstić information content (AvgIpc) is 2.06. The van der Waals surface area contributed by atoms with E-state index in [0.29, 0.717) is 5.75 Å². The van der Waals surface area contributed by atoms with Gasteiger partial charge >= 0.3 is 11.9 Å². The van der Waals surface area contributed by atoms with Gasteiger partial charge in [0.05, 0.1) is 6.54 Å². The van der Waals surface area contributed by atoms with E-state index in [1.165, 1.54) is 11.8 Å². The molecule has 13 heavy (non-hydrogen) atoms. The van der Waals surface area contributed by atoms with Crippen molar-refractivity contribution in [3.05, 3.63) is 0 Å². The summed E-state index contributed by atoms with van der Waals surface area (Å²) in [5.74, 6) is -1.42. The molecule has 7 heteroatoms. The fraction of sp³-hybridized carbons (Fsp3) is 0.667. The summed E-state index contributed by atoms with van der Waals surface area (Å²) in [6.45, 7) is -0.278. The fourth-order valence-electron chi connectivity index (χ4n) is 0.251. The van der Waals surface area contributed by atoms with Crippen molar-refractivity contribution in [2.24, 2.45) is 11.5 Å². The third kappa shape index (κ3) is 14.1. The number of hydrogen-bond acceptors (Lipinski definition) is 5. The highest BCUT2D eigenvalue weighted by molar-refractivity contribution is 7.98. The molecule has 0 spiro atoms. The largest absolute Gasteiger partial charge is 0.480 e. The van der Waals surface area contributed by atoms with Crippen LogP contribution < -0.4 is 11.5 Å². The van der Waals surface area contributed by atoms with E-state index in [1.54, 1.807) is 0 Å². The van der Waals surface area contributed by atoms with Gasteiger partial charge in [-0.3, -0.25) is 9.59 Å². The first-order valence-corrected chi connectivity index (χ1v) is 4.74. The monoisotopic (exact) mass is 210 g/mol. The van der Waals surface area contributed by atoms with Crippen LogP contribution in [0.2, 0.25) is 0 Å². The lowest BCUT2D eigenvalue weighted by Gasteiger charge is -2.00. The van der Waals surface area contributed by atoms with E-state index in [1.807, 2.05) is 6.26 Å². The maximum Gasteiger partial charge on any atom is 0.321 e. The second-order valence-corrected chi connectivity index (χ2v) is 2.91. The second kappa shape index (κ2) is 9.30. The Bertz CT molecular complexity index is 165. The van der Waals surface area contributed by atoms with Crippen molar-refractivity contribution >= 4 is 23.7 Å². The normalized spacial score (nSPS) is 11.0. The van der Waals surface area contributed by atoms with E-state index in [0.717, 1.165) is 0 Å². The Balaban J connectivity index is 0. The van der Waals surface area contributed by atoms with Crippen molar-refractivity contribution in [3.63, 3.8) is 0 Å². The number of rotatable bonds is 4. The Morgan fingerprint density at radius 1 is 1.46 bits per heavy atom. The molecule has 6 N–H and O–H groups in total. The Morgan fingerprint density at radius 3 is 1.92 bits per heavy atom. The summed E-state index contributed by atoms with van der Waals surface area (Å²) >= 11 is 1.43. The first-order valence-electron chi connectivity index (χ1n) is 3.34. The average molecular weight is 210 g/mol. The van der Waals surface area contributed by atoms with Crippen LogP contribution in [-0.4, -0.2) is 46.7 Å². The molecule has 0 aliphatic heterocycles. The Labute approximate surface area is 80.3 Å². The second-order valence-electron chi connectivity index (χ2n) is 2.00. The molecule has 6 nitrogen and oxygen atoms in total. The van der Waals surface area contributed by atoms with Crippen molar-refractivity contribution < 1.29 is 19.8 Å². The summed E-state index contributed by atoms with van der Waals surface area (Å²) in [6.07, 6.45) is 1.82. The summed E-state index contributed by atoms with van der Waals surface area (Å²) in [4.78, 5) is 19.2. The van der Waals surface area contributed by atoms with Gasteiger partial charge in [-0.1, -0.05) is 0 Å². The van der Waals surface area contributed by atoms with E-state index in [9.17, 15) is 9.59 Å². The van der Waals surface area contributed by atoms with E-state index in [-0.39, 0.29) is 6.54 Å². The first-order chi connectivity index (χ1) is 5.95. The number of nitrogens with two attached hydrogens (primary N) is 2. The van der Waals surface area contributed by atoms with E-state index in [2.05, 4.69) is 5.73 Å². The number of hydrogen-bond donors (Lipinski definition) is 4. The fourth-order valence-corrected chi connectivity index (χ4v) is 0.753. The number of thioether (sulfide) groups is 1. The van der Waals surface area contributed by atoms with Gasteiger partial charge < -0.3 is 21.7 Å². The van der Waals surface area contributed by atoms with Crippen LogP contribution in [-0.2, 0) is 9.59 Å². The molecule has 0 aromatic heterocycles. The highest BCUT2D eigenvalue weighted by Gasteiger charge is 2.08. The van der Waals surface area contributed by atoms with E-state index >= 15 is 0 Å². The van der Waals surface area contributed by atoms with Gasteiger partial charge in [0.2, 0.25) is 0 Å². The predicted octanol–water partition coefficient (Wildman–Crippen LogP) is -1.21. The molecule has 0 amide bonds. The minimum Gasteiger partial charge on any atom is -0.480 e. The molecule has 0 radical (unpaired) electrons. The van der Waals surface area contributed by atoms with Gasteiger partial charge in [0.1, 0.15) is 6.04 Å². The maximum atomic E-state index is 9.95. The van der Waals surface area contributed by atoms with Gasteiger partial charge in [-0.25, -0.2) is 0 Å². The van der Waals surface area contributed by atoms with Crippen LogP contribution >= 0.6 is 11.8 Å². The van der Waals surface area contributed by atoms with Gasteiger partial charge in [0.15, 0.2) is 0 Å². The van der Waals surface area contributed by atoms with Crippen LogP contribution in [0.4, 0.5) is 0 Å². The molecule has 1 unspecified atom stereocenters. The number of carbonyl (C=O) groups is 2. The summed E-state index contributed by atoms with van der Waals surface area (Å²) in [5, 5.41) is 15.8. The van der Waals surface area contributed by atoms with Crippen LogP contribution in [0.3, 0.4) is 0 Å². The molecule has 0 aliphatic carbocycles. The molecule has 0 saturated heterocycles. The van der Waals surface area contributed by atoms with Gasteiger partial charge in [0, 0.05) is 5.75 Å². The van der Waals surface area contributed by atoms with Gasteiger partial charge in [-0.15, -0.1) is 0 Å². The zero-order valence-corrected chi connectivity index (χ0v) is 8.08. The van der Waals surface area contributed by atoms with E-state index in [4.69, 9.17) is 15.9 Å². The van der Waals surface area contributed by atoms with Crippen molar-refractivity contribution in [1.29, 1.82) is 0 Å². The van der Waals surface area contributed by atoms with Crippen molar-refractivity contribution in [3.8, 4) is 0 Å². The lowest BCUT2D eigenvalue weighted by molar-refractivity contribution is -0.138. The highest BCUT2D eigenvalue weighted by atomic mass is 32.2. The summed E-state index contributed by atoms with van der Waals surface area (Å²) < 4.78 is 0. The zero-order chi connectivity index (χ0) is 10.9. The number of carboxylic acids is 2. The van der Waals surface area contributed by atoms with Crippen molar-refractivity contribution in [2.45, 2.75) is 6.04 Å². The molecule has 0 aliphatic rings. The SMILES string of the molecule is CSCC(N)C(=O)O.NCC(=O)O. The molecule has 78 valence electrons. The minimum atomic E-state index is -0.968. The molecule has 0 aromatic carbocycles. The lowest BCUT2D eigenvalue weighted by Crippen LogP contribution is -2.32. The van der Waals surface area contributed by atoms with Crippen LogP contribution in [0.25, 0.3) is 0 Å². The molecular weight excluding hydrogens is 196 g/mol. The molecule has 0 rings (SSSR count). The molecule has 0 heterocycles. The zero-order valence-electron chi connectivity index (χ0n) is 7.27. The van der Waals surface area contributed by atoms with Crippen LogP contribution in [0.1, 0.15) is 0 Å². The number of carboxylic acid groups (broad SMARTS) is 2. The maximum absolute atomic E-state index is 9.95. The standard InChI is InChI=1S/C4H9NO2S.C2H5NO2/c1-8-2-3(5)4(6)7;3-1-2(4)5/h3H,2,5H2,1H3,(H,6,7);1,3H2,(H,4,5). The minimum absolute atomic E-state index is 0.278. The molecule has 0 fully saturated rings. The summed E-state index contributed by atoms with van der Waals surface area (Å²) in [7, 11) is 0. The highest BCUT2D eigenvalue weighted by Crippen LogP contribution is 1.93. The van der Waals surface area contributed by atoms with Crippen LogP contribution in [0.5, 0.6) is 0 Å². The lowest BCUT2D eigenvalue weighted by atomic mass is 10.4. The van der Waals surface area contributed by atoms with Crippen LogP contribution in [0, 0.1) is 0 Å². The number of aliphatic carboxylic acids is 2. The van der Waals surface area contributed by atoms with Gasteiger partial charge in [0.25, 0.3) is 0 Å². The van der Waals surface area contributed by atoms with Gasteiger partial charge in [-0.05, 0) is 6.26 Å². The van der Waals surface area contributed by atoms with Crippen LogP contribution in [0.15, 0.2) is 0 Å². The van der Waals surface area contributed by atoms with Crippen molar-refractivity contribution in [2.75, 3.05) is 18.6 Å².